The van der Waals surface area contributed by atoms with Crippen LogP contribution in [-0.4, -0.2) is 24.5 Å². The molecule has 0 saturated carbocycles. The lowest BCUT2D eigenvalue weighted by atomic mass is 10.2. The van der Waals surface area contributed by atoms with Crippen LogP contribution in [0.3, 0.4) is 0 Å². The van der Waals surface area contributed by atoms with Crippen LogP contribution in [-0.2, 0) is 20.9 Å². The molecule has 0 atom stereocenters. The molecule has 7 nitrogen and oxygen atoms in total. The molecule has 7 heteroatoms. The Morgan fingerprint density at radius 1 is 0.893 bits per heavy atom. The van der Waals surface area contributed by atoms with E-state index in [1.165, 1.54) is 0 Å². The predicted molar refractivity (Wildman–Crippen MR) is 108 cm³/mol. The second-order valence-corrected chi connectivity index (χ2v) is 6.12. The number of ether oxygens (including phenoxy) is 1. The molecule has 0 fully saturated rings. The molecule has 2 rings (SSSR count). The van der Waals surface area contributed by atoms with Crippen LogP contribution in [0, 0.1) is 0 Å². The number of anilines is 2. The average Bonchev–Trinajstić information content (AvgIpc) is 2.70. The maximum atomic E-state index is 12.0. The van der Waals surface area contributed by atoms with Gasteiger partial charge in [-0.25, -0.2) is 4.79 Å². The third-order valence-corrected chi connectivity index (χ3v) is 3.81. The molecule has 0 unspecified atom stereocenters. The molecular weight excluding hydrogens is 358 g/mol. The van der Waals surface area contributed by atoms with Crippen LogP contribution in [0.1, 0.15) is 31.7 Å². The summed E-state index contributed by atoms with van der Waals surface area (Å²) < 4.78 is 5.10. The smallest absolute Gasteiger partial charge is 0.407 e. The molecule has 3 N–H and O–H groups in total. The van der Waals surface area contributed by atoms with Crippen molar-refractivity contribution in [3.63, 3.8) is 0 Å². The molecule has 2 aromatic carbocycles. The van der Waals surface area contributed by atoms with Crippen LogP contribution >= 0.6 is 0 Å². The summed E-state index contributed by atoms with van der Waals surface area (Å²) in [7, 11) is 0. The van der Waals surface area contributed by atoms with Crippen LogP contribution in [0.25, 0.3) is 0 Å². The molecule has 148 valence electrons. The van der Waals surface area contributed by atoms with E-state index in [1.807, 2.05) is 30.3 Å². The van der Waals surface area contributed by atoms with Gasteiger partial charge in [0.2, 0.25) is 11.8 Å². The summed E-state index contributed by atoms with van der Waals surface area (Å²) in [5.74, 6) is -0.257. The normalized spacial score (nSPS) is 10.0. The van der Waals surface area contributed by atoms with E-state index in [0.29, 0.717) is 30.8 Å². The van der Waals surface area contributed by atoms with Gasteiger partial charge in [-0.3, -0.25) is 9.59 Å². The van der Waals surface area contributed by atoms with E-state index in [4.69, 9.17) is 4.74 Å². The van der Waals surface area contributed by atoms with E-state index in [2.05, 4.69) is 16.0 Å². The fourth-order valence-corrected chi connectivity index (χ4v) is 2.36. The molecule has 0 aliphatic rings. The number of alkyl carbamates (subject to hydrolysis) is 1. The molecule has 0 aliphatic carbocycles. The number of nitrogens with one attached hydrogen (secondary N) is 3. The van der Waals surface area contributed by atoms with Crippen LogP contribution in [0.4, 0.5) is 16.2 Å². The minimum absolute atomic E-state index is 0.0892. The van der Waals surface area contributed by atoms with Crippen molar-refractivity contribution in [2.75, 3.05) is 17.2 Å². The Balaban J connectivity index is 1.64. The van der Waals surface area contributed by atoms with Crippen LogP contribution in [0.15, 0.2) is 54.6 Å². The van der Waals surface area contributed by atoms with Gasteiger partial charge in [-0.15, -0.1) is 0 Å². The molecule has 0 saturated heterocycles. The minimum atomic E-state index is -0.511. The van der Waals surface area contributed by atoms with Gasteiger partial charge >= 0.3 is 6.09 Å². The number of hydrogen-bond donors (Lipinski definition) is 3. The molecule has 3 amide bonds. The van der Waals surface area contributed by atoms with Crippen molar-refractivity contribution in [2.45, 2.75) is 32.8 Å². The molecule has 0 heterocycles. The average molecular weight is 383 g/mol. The minimum Gasteiger partial charge on any atom is -0.445 e. The third kappa shape index (κ3) is 7.90. The second kappa shape index (κ2) is 11.4. The number of amides is 3. The van der Waals surface area contributed by atoms with Crippen LogP contribution in [0.5, 0.6) is 0 Å². The maximum absolute atomic E-state index is 12.0. The Labute approximate surface area is 164 Å². The van der Waals surface area contributed by atoms with Gasteiger partial charge in [0.05, 0.1) is 0 Å². The fourth-order valence-electron chi connectivity index (χ4n) is 2.36. The summed E-state index contributed by atoms with van der Waals surface area (Å²) >= 11 is 0. The van der Waals surface area contributed by atoms with Crippen molar-refractivity contribution in [3.05, 3.63) is 60.2 Å². The lowest BCUT2D eigenvalue weighted by Crippen LogP contribution is -2.26. The Morgan fingerprint density at radius 2 is 1.57 bits per heavy atom. The predicted octanol–water partition coefficient (Wildman–Crippen LogP) is 3.68. The van der Waals surface area contributed by atoms with E-state index >= 15 is 0 Å². The molecule has 2 aromatic rings. The number of hydrogen-bond acceptors (Lipinski definition) is 4. The zero-order valence-corrected chi connectivity index (χ0v) is 15.9. The molecular formula is C21H25N3O4. The van der Waals surface area contributed by atoms with Crippen LogP contribution < -0.4 is 16.0 Å². The van der Waals surface area contributed by atoms with Crippen LogP contribution in [0.2, 0.25) is 0 Å². The van der Waals surface area contributed by atoms with Gasteiger partial charge in [0.25, 0.3) is 0 Å². The van der Waals surface area contributed by atoms with Gasteiger partial charge in [-0.05, 0) is 30.2 Å². The topological polar surface area (TPSA) is 96.5 Å². The summed E-state index contributed by atoms with van der Waals surface area (Å²) in [6, 6.07) is 16.4. The van der Waals surface area contributed by atoms with Crippen molar-refractivity contribution in [2.24, 2.45) is 0 Å². The van der Waals surface area contributed by atoms with E-state index in [1.54, 1.807) is 31.2 Å². The maximum Gasteiger partial charge on any atom is 0.407 e. The number of carbonyl (C=O) groups excluding carboxylic acids is 3. The fraction of sp³-hybridized carbons (Fsp3) is 0.286. The van der Waals surface area contributed by atoms with Gasteiger partial charge in [0, 0.05) is 30.8 Å². The van der Waals surface area contributed by atoms with Crippen molar-refractivity contribution < 1.29 is 19.1 Å². The first-order chi connectivity index (χ1) is 13.6. The highest BCUT2D eigenvalue weighted by atomic mass is 16.5. The van der Waals surface area contributed by atoms with Gasteiger partial charge < -0.3 is 20.7 Å². The van der Waals surface area contributed by atoms with Crippen molar-refractivity contribution in [3.8, 4) is 0 Å². The van der Waals surface area contributed by atoms with E-state index in [9.17, 15) is 14.4 Å². The number of carbonyl (C=O) groups is 3. The molecule has 0 aliphatic heterocycles. The Kier molecular flexibility index (Phi) is 8.52. The molecule has 0 aromatic heterocycles. The zero-order valence-electron chi connectivity index (χ0n) is 15.9. The molecule has 0 bridgehead atoms. The third-order valence-electron chi connectivity index (χ3n) is 3.81. The largest absolute Gasteiger partial charge is 0.445 e. The van der Waals surface area contributed by atoms with Crippen molar-refractivity contribution >= 4 is 29.3 Å². The first-order valence-corrected chi connectivity index (χ1v) is 9.21. The summed E-state index contributed by atoms with van der Waals surface area (Å²) in [4.78, 5) is 35.1. The summed E-state index contributed by atoms with van der Waals surface area (Å²) in [5.41, 5.74) is 2.15. The summed E-state index contributed by atoms with van der Waals surface area (Å²) in [6.07, 6.45) is 0.615. The van der Waals surface area contributed by atoms with E-state index in [0.717, 1.165) is 5.56 Å². The molecule has 0 spiro atoms. The highest BCUT2D eigenvalue weighted by Crippen LogP contribution is 2.15. The van der Waals surface area contributed by atoms with E-state index < -0.39 is 6.09 Å². The zero-order chi connectivity index (χ0) is 20.2. The van der Waals surface area contributed by atoms with Crippen molar-refractivity contribution in [1.29, 1.82) is 0 Å². The van der Waals surface area contributed by atoms with Gasteiger partial charge in [0.15, 0.2) is 0 Å². The second-order valence-electron chi connectivity index (χ2n) is 6.12. The SMILES string of the molecule is CCC(=O)Nc1cccc(NC(=O)CCCNC(=O)OCc2ccccc2)c1. The molecule has 28 heavy (non-hydrogen) atoms. The molecule has 0 radical (unpaired) electrons. The number of benzene rings is 2. The number of rotatable bonds is 9. The lowest BCUT2D eigenvalue weighted by Gasteiger charge is -2.09. The Bertz CT molecular complexity index is 793. The Hall–Kier alpha value is -3.35. The first kappa shape index (κ1) is 21.0. The van der Waals surface area contributed by atoms with Crippen molar-refractivity contribution in [1.82, 2.24) is 5.32 Å². The van der Waals surface area contributed by atoms with Gasteiger partial charge in [0.1, 0.15) is 6.61 Å². The summed E-state index contributed by atoms with van der Waals surface area (Å²) in [6.45, 7) is 2.32. The monoisotopic (exact) mass is 383 g/mol. The summed E-state index contributed by atoms with van der Waals surface area (Å²) in [5, 5.41) is 8.14. The van der Waals surface area contributed by atoms with Gasteiger partial charge in [-0.1, -0.05) is 43.3 Å². The highest BCUT2D eigenvalue weighted by Gasteiger charge is 2.06. The quantitative estimate of drug-likeness (QED) is 0.576. The van der Waals surface area contributed by atoms with Gasteiger partial charge in [-0.2, -0.15) is 0 Å². The van der Waals surface area contributed by atoms with E-state index in [-0.39, 0.29) is 24.8 Å². The highest BCUT2D eigenvalue weighted by molar-refractivity contribution is 5.93. The standard InChI is InChI=1S/C21H25N3O4/c1-2-19(25)23-17-10-6-11-18(14-17)24-20(26)12-7-13-22-21(27)28-15-16-8-4-3-5-9-16/h3-6,8-11,14H,2,7,12-13,15H2,1H3,(H,22,27)(H,23,25)(H,24,26). The lowest BCUT2D eigenvalue weighted by molar-refractivity contribution is -0.116. The first-order valence-electron chi connectivity index (χ1n) is 9.21. The Morgan fingerprint density at radius 3 is 2.25 bits per heavy atom.